The maximum Gasteiger partial charge on any atom is 0.123 e. The van der Waals surface area contributed by atoms with Gasteiger partial charge >= 0.3 is 0 Å². The van der Waals surface area contributed by atoms with Gasteiger partial charge in [0.15, 0.2) is 0 Å². The molecular weight excluding hydrogens is 245 g/mol. The van der Waals surface area contributed by atoms with Crippen LogP contribution >= 0.6 is 11.8 Å². The average molecular weight is 267 g/mol. The second-order valence-electron chi connectivity index (χ2n) is 4.89. The average Bonchev–Trinajstić information content (AvgIpc) is 2.40. The highest BCUT2D eigenvalue weighted by Crippen LogP contribution is 2.34. The van der Waals surface area contributed by atoms with Crippen molar-refractivity contribution in [1.82, 2.24) is 5.32 Å². The number of hydrogen-bond donors (Lipinski definition) is 1. The Kier molecular flexibility index (Phi) is 5.51. The summed E-state index contributed by atoms with van der Waals surface area (Å²) in [5, 5.41) is 4.19. The minimum atomic E-state index is -0.128. The summed E-state index contributed by atoms with van der Waals surface area (Å²) in [6.07, 6.45) is 4.98. The smallest absolute Gasteiger partial charge is 0.123 e. The molecule has 0 spiro atoms. The summed E-state index contributed by atoms with van der Waals surface area (Å²) < 4.78 is 13.4. The third kappa shape index (κ3) is 3.72. The zero-order valence-corrected chi connectivity index (χ0v) is 11.8. The van der Waals surface area contributed by atoms with Gasteiger partial charge in [0.05, 0.1) is 0 Å². The summed E-state index contributed by atoms with van der Waals surface area (Å²) in [6, 6.07) is 7.37. The standard InChI is InChI=1S/C15H22FNS/c1-2-9-17-15(14-8-3-4-10-18-14)12-6-5-7-13(16)11-12/h5-7,11,14-15,17H,2-4,8-10H2,1H3. The van der Waals surface area contributed by atoms with Gasteiger partial charge in [0.1, 0.15) is 5.82 Å². The van der Waals surface area contributed by atoms with Crippen LogP contribution in [0.1, 0.15) is 44.2 Å². The minimum absolute atomic E-state index is 0.128. The molecule has 3 heteroatoms. The van der Waals surface area contributed by atoms with Crippen LogP contribution in [0.2, 0.25) is 0 Å². The molecule has 0 aliphatic carbocycles. The Morgan fingerprint density at radius 3 is 3.00 bits per heavy atom. The second kappa shape index (κ2) is 7.15. The van der Waals surface area contributed by atoms with Gasteiger partial charge in [-0.25, -0.2) is 4.39 Å². The van der Waals surface area contributed by atoms with E-state index < -0.39 is 0 Å². The van der Waals surface area contributed by atoms with Gasteiger partial charge in [-0.2, -0.15) is 11.8 Å². The summed E-state index contributed by atoms with van der Waals surface area (Å²) in [6.45, 7) is 3.17. The van der Waals surface area contributed by atoms with Crippen LogP contribution in [0.15, 0.2) is 24.3 Å². The van der Waals surface area contributed by atoms with Gasteiger partial charge in [-0.05, 0) is 49.3 Å². The highest BCUT2D eigenvalue weighted by Gasteiger charge is 2.25. The fourth-order valence-electron chi connectivity index (χ4n) is 2.49. The van der Waals surface area contributed by atoms with Gasteiger partial charge in [-0.15, -0.1) is 0 Å². The van der Waals surface area contributed by atoms with Crippen LogP contribution in [0.3, 0.4) is 0 Å². The van der Waals surface area contributed by atoms with Gasteiger partial charge in [-0.3, -0.25) is 0 Å². The minimum Gasteiger partial charge on any atom is -0.309 e. The molecule has 2 rings (SSSR count). The van der Waals surface area contributed by atoms with Crippen molar-refractivity contribution in [2.24, 2.45) is 0 Å². The Bertz CT molecular complexity index is 363. The molecule has 1 fully saturated rings. The Hall–Kier alpha value is -0.540. The van der Waals surface area contributed by atoms with Crippen LogP contribution in [0.4, 0.5) is 4.39 Å². The predicted molar refractivity (Wildman–Crippen MR) is 77.5 cm³/mol. The zero-order chi connectivity index (χ0) is 12.8. The third-order valence-electron chi connectivity index (χ3n) is 3.41. The molecule has 2 atom stereocenters. The van der Waals surface area contributed by atoms with Crippen LogP contribution in [0.5, 0.6) is 0 Å². The molecule has 2 unspecified atom stereocenters. The summed E-state index contributed by atoms with van der Waals surface area (Å²) in [7, 11) is 0. The van der Waals surface area contributed by atoms with Crippen LogP contribution in [0, 0.1) is 5.82 Å². The van der Waals surface area contributed by atoms with E-state index in [0.29, 0.717) is 11.3 Å². The maximum absolute atomic E-state index is 13.4. The van der Waals surface area contributed by atoms with Gasteiger partial charge < -0.3 is 5.32 Å². The van der Waals surface area contributed by atoms with Crippen molar-refractivity contribution in [3.8, 4) is 0 Å². The second-order valence-corrected chi connectivity index (χ2v) is 6.24. The molecule has 1 saturated heterocycles. The first kappa shape index (κ1) is 13.9. The van der Waals surface area contributed by atoms with Gasteiger partial charge in [0.2, 0.25) is 0 Å². The maximum atomic E-state index is 13.4. The van der Waals surface area contributed by atoms with Crippen molar-refractivity contribution in [3.05, 3.63) is 35.6 Å². The van der Waals surface area contributed by atoms with E-state index in [1.165, 1.54) is 31.1 Å². The fourth-order valence-corrected chi connectivity index (χ4v) is 3.95. The van der Waals surface area contributed by atoms with Crippen molar-refractivity contribution in [2.75, 3.05) is 12.3 Å². The molecule has 100 valence electrons. The summed E-state index contributed by atoms with van der Waals surface area (Å²) in [5.74, 6) is 1.11. The Morgan fingerprint density at radius 2 is 2.33 bits per heavy atom. The number of halogens is 1. The van der Waals surface area contributed by atoms with E-state index in [1.54, 1.807) is 6.07 Å². The third-order valence-corrected chi connectivity index (χ3v) is 4.87. The molecule has 0 aromatic heterocycles. The van der Waals surface area contributed by atoms with Crippen molar-refractivity contribution < 1.29 is 4.39 Å². The van der Waals surface area contributed by atoms with Gasteiger partial charge in [0.25, 0.3) is 0 Å². The molecule has 1 aromatic carbocycles. The first-order valence-corrected chi connectivity index (χ1v) is 7.96. The van der Waals surface area contributed by atoms with Crippen LogP contribution in [-0.2, 0) is 0 Å². The molecule has 0 bridgehead atoms. The molecule has 1 heterocycles. The highest BCUT2D eigenvalue weighted by molar-refractivity contribution is 8.00. The van der Waals surface area contributed by atoms with Crippen molar-refractivity contribution in [3.63, 3.8) is 0 Å². The lowest BCUT2D eigenvalue weighted by molar-refractivity contribution is 0.477. The summed E-state index contributed by atoms with van der Waals surface area (Å²) >= 11 is 2.04. The van der Waals surface area contributed by atoms with Gasteiger partial charge in [0, 0.05) is 11.3 Å². The number of nitrogens with one attached hydrogen (secondary N) is 1. The van der Waals surface area contributed by atoms with Crippen LogP contribution in [0.25, 0.3) is 0 Å². The predicted octanol–water partition coefficient (Wildman–Crippen LogP) is 4.15. The highest BCUT2D eigenvalue weighted by atomic mass is 32.2. The van der Waals surface area contributed by atoms with Crippen LogP contribution < -0.4 is 5.32 Å². The van der Waals surface area contributed by atoms with Gasteiger partial charge in [-0.1, -0.05) is 25.5 Å². The van der Waals surface area contributed by atoms with Crippen LogP contribution in [-0.4, -0.2) is 17.5 Å². The monoisotopic (exact) mass is 267 g/mol. The Morgan fingerprint density at radius 1 is 1.44 bits per heavy atom. The van der Waals surface area contributed by atoms with E-state index in [1.807, 2.05) is 23.9 Å². The SMILES string of the molecule is CCCNC(c1cccc(F)c1)C1CCCCS1. The first-order valence-electron chi connectivity index (χ1n) is 6.91. The normalized spacial score (nSPS) is 21.8. The number of rotatable bonds is 5. The molecule has 1 aromatic rings. The lowest BCUT2D eigenvalue weighted by Crippen LogP contribution is -2.32. The molecule has 0 saturated carbocycles. The lowest BCUT2D eigenvalue weighted by Gasteiger charge is -2.31. The topological polar surface area (TPSA) is 12.0 Å². The Labute approximate surface area is 114 Å². The Balaban J connectivity index is 2.12. The molecule has 1 N–H and O–H groups in total. The molecular formula is C15H22FNS. The summed E-state index contributed by atoms with van der Waals surface area (Å²) in [4.78, 5) is 0. The lowest BCUT2D eigenvalue weighted by atomic mass is 9.99. The van der Waals surface area contributed by atoms with E-state index in [2.05, 4.69) is 12.2 Å². The molecule has 1 nitrogen and oxygen atoms in total. The van der Waals surface area contributed by atoms with E-state index in [0.717, 1.165) is 18.5 Å². The molecule has 1 aliphatic rings. The van der Waals surface area contributed by atoms with E-state index in [4.69, 9.17) is 0 Å². The zero-order valence-electron chi connectivity index (χ0n) is 11.0. The van der Waals surface area contributed by atoms with E-state index >= 15 is 0 Å². The first-order chi connectivity index (χ1) is 8.81. The molecule has 0 amide bonds. The number of hydrogen-bond acceptors (Lipinski definition) is 2. The fraction of sp³-hybridized carbons (Fsp3) is 0.600. The van der Waals surface area contributed by atoms with Crippen molar-refractivity contribution in [2.45, 2.75) is 43.9 Å². The molecule has 0 radical (unpaired) electrons. The molecule has 18 heavy (non-hydrogen) atoms. The van der Waals surface area contributed by atoms with Crippen molar-refractivity contribution >= 4 is 11.8 Å². The molecule has 1 aliphatic heterocycles. The number of thioether (sulfide) groups is 1. The number of benzene rings is 1. The van der Waals surface area contributed by atoms with E-state index in [-0.39, 0.29) is 5.82 Å². The van der Waals surface area contributed by atoms with E-state index in [9.17, 15) is 4.39 Å². The quantitative estimate of drug-likeness (QED) is 0.860. The van der Waals surface area contributed by atoms with Crippen molar-refractivity contribution in [1.29, 1.82) is 0 Å². The largest absolute Gasteiger partial charge is 0.309 e. The summed E-state index contributed by atoms with van der Waals surface area (Å²) in [5.41, 5.74) is 1.10.